The number of rotatable bonds is 2. The predicted octanol–water partition coefficient (Wildman–Crippen LogP) is 0.140. The van der Waals surface area contributed by atoms with E-state index >= 15 is 0 Å². The Balaban J connectivity index is 2.32. The number of carbonyl (C=O) groups is 1. The number of amides is 1. The van der Waals surface area contributed by atoms with Crippen molar-refractivity contribution >= 4 is 11.6 Å². The van der Waals surface area contributed by atoms with Gasteiger partial charge in [-0.1, -0.05) is 12.1 Å². The highest BCUT2D eigenvalue weighted by Gasteiger charge is 2.18. The van der Waals surface area contributed by atoms with Gasteiger partial charge in [0.2, 0.25) is 5.91 Å². The molecule has 4 heteroatoms. The van der Waals surface area contributed by atoms with Crippen molar-refractivity contribution in [3.8, 4) is 0 Å². The van der Waals surface area contributed by atoms with Crippen molar-refractivity contribution in [3.05, 3.63) is 29.3 Å². The van der Waals surface area contributed by atoms with Crippen LogP contribution in [-0.2, 0) is 11.2 Å². The first-order valence-corrected chi connectivity index (χ1v) is 4.59. The van der Waals surface area contributed by atoms with Crippen LogP contribution in [0.15, 0.2) is 18.2 Å². The topological polar surface area (TPSA) is 81.1 Å². The summed E-state index contributed by atoms with van der Waals surface area (Å²) in [6, 6.07) is 5.59. The minimum absolute atomic E-state index is 0.0402. The molecule has 1 aliphatic heterocycles. The third-order valence-corrected chi connectivity index (χ3v) is 2.44. The molecule has 0 aromatic heterocycles. The smallest absolute Gasteiger partial charge is 0.228 e. The summed E-state index contributed by atoms with van der Waals surface area (Å²) >= 11 is 0. The van der Waals surface area contributed by atoms with E-state index in [-0.39, 0.29) is 11.9 Å². The van der Waals surface area contributed by atoms with Gasteiger partial charge in [-0.15, -0.1) is 0 Å². The Morgan fingerprint density at radius 1 is 1.50 bits per heavy atom. The van der Waals surface area contributed by atoms with E-state index < -0.39 is 0 Å². The average Bonchev–Trinajstić information content (AvgIpc) is 2.55. The third kappa shape index (κ3) is 1.49. The van der Waals surface area contributed by atoms with Gasteiger partial charge in [-0.25, -0.2) is 0 Å². The lowest BCUT2D eigenvalue weighted by Crippen LogP contribution is -2.20. The highest BCUT2D eigenvalue weighted by molar-refractivity contribution is 5.99. The Bertz CT molecular complexity index is 376. The van der Waals surface area contributed by atoms with Gasteiger partial charge < -0.3 is 16.8 Å². The van der Waals surface area contributed by atoms with E-state index in [0.29, 0.717) is 13.0 Å². The zero-order valence-corrected chi connectivity index (χ0v) is 7.79. The molecule has 5 N–H and O–H groups in total. The molecule has 1 heterocycles. The molecular formula is C10H13N3O. The molecule has 14 heavy (non-hydrogen) atoms. The molecule has 1 amide bonds. The SMILES string of the molecule is NCC(N)c1ccc2c(c1)CC(=O)N2. The first kappa shape index (κ1) is 9.18. The van der Waals surface area contributed by atoms with Crippen LogP contribution < -0.4 is 16.8 Å². The molecule has 0 radical (unpaired) electrons. The maximum absolute atomic E-state index is 11.1. The van der Waals surface area contributed by atoms with Gasteiger partial charge in [0.05, 0.1) is 6.42 Å². The second-order valence-corrected chi connectivity index (χ2v) is 3.48. The van der Waals surface area contributed by atoms with E-state index in [4.69, 9.17) is 11.5 Å². The van der Waals surface area contributed by atoms with Crippen molar-refractivity contribution in [1.82, 2.24) is 0 Å². The molecule has 0 spiro atoms. The largest absolute Gasteiger partial charge is 0.329 e. The van der Waals surface area contributed by atoms with Crippen molar-refractivity contribution in [1.29, 1.82) is 0 Å². The van der Waals surface area contributed by atoms with Gasteiger partial charge in [0.1, 0.15) is 0 Å². The number of nitrogens with one attached hydrogen (secondary N) is 1. The van der Waals surface area contributed by atoms with Crippen LogP contribution in [0.2, 0.25) is 0 Å². The number of hydrogen-bond acceptors (Lipinski definition) is 3. The zero-order chi connectivity index (χ0) is 10.1. The van der Waals surface area contributed by atoms with E-state index in [1.54, 1.807) is 0 Å². The molecule has 1 aromatic rings. The fraction of sp³-hybridized carbons (Fsp3) is 0.300. The van der Waals surface area contributed by atoms with Crippen LogP contribution in [0.4, 0.5) is 5.69 Å². The Kier molecular flexibility index (Phi) is 2.23. The summed E-state index contributed by atoms with van der Waals surface area (Å²) < 4.78 is 0. The summed E-state index contributed by atoms with van der Waals surface area (Å²) in [6.45, 7) is 0.417. The molecule has 1 aliphatic rings. The van der Waals surface area contributed by atoms with E-state index in [9.17, 15) is 4.79 Å². The standard InChI is InChI=1S/C10H13N3O/c11-5-8(12)6-1-2-9-7(3-6)4-10(14)13-9/h1-3,8H,4-5,11-12H2,(H,13,14). The molecule has 0 aliphatic carbocycles. The van der Waals surface area contributed by atoms with Crippen LogP contribution in [0.3, 0.4) is 0 Å². The van der Waals surface area contributed by atoms with Gasteiger partial charge in [0, 0.05) is 18.3 Å². The van der Waals surface area contributed by atoms with E-state index in [2.05, 4.69) is 5.32 Å². The number of carbonyl (C=O) groups excluding carboxylic acids is 1. The predicted molar refractivity (Wildman–Crippen MR) is 54.8 cm³/mol. The molecular weight excluding hydrogens is 178 g/mol. The van der Waals surface area contributed by atoms with Crippen LogP contribution in [0.1, 0.15) is 17.2 Å². The van der Waals surface area contributed by atoms with Crippen LogP contribution in [-0.4, -0.2) is 12.5 Å². The maximum Gasteiger partial charge on any atom is 0.228 e. The Hall–Kier alpha value is -1.39. The monoisotopic (exact) mass is 191 g/mol. The lowest BCUT2D eigenvalue weighted by Gasteiger charge is -2.10. The molecule has 1 unspecified atom stereocenters. The highest BCUT2D eigenvalue weighted by atomic mass is 16.1. The molecule has 1 atom stereocenters. The second-order valence-electron chi connectivity index (χ2n) is 3.48. The highest BCUT2D eigenvalue weighted by Crippen LogP contribution is 2.25. The summed E-state index contributed by atoms with van der Waals surface area (Å²) in [5.41, 5.74) is 14.2. The molecule has 0 fully saturated rings. The van der Waals surface area contributed by atoms with Gasteiger partial charge >= 0.3 is 0 Å². The Morgan fingerprint density at radius 3 is 3.00 bits per heavy atom. The molecule has 0 bridgehead atoms. The lowest BCUT2D eigenvalue weighted by atomic mass is 10.0. The first-order valence-electron chi connectivity index (χ1n) is 4.59. The Morgan fingerprint density at radius 2 is 2.29 bits per heavy atom. The molecule has 2 rings (SSSR count). The zero-order valence-electron chi connectivity index (χ0n) is 7.79. The van der Waals surface area contributed by atoms with Crippen molar-refractivity contribution in [2.45, 2.75) is 12.5 Å². The number of fused-ring (bicyclic) bond motifs is 1. The van der Waals surface area contributed by atoms with Gasteiger partial charge in [-0.2, -0.15) is 0 Å². The number of benzene rings is 1. The summed E-state index contributed by atoms with van der Waals surface area (Å²) in [6.07, 6.45) is 0.445. The minimum atomic E-state index is -0.143. The quantitative estimate of drug-likeness (QED) is 0.622. The number of nitrogens with two attached hydrogens (primary N) is 2. The summed E-state index contributed by atoms with van der Waals surface area (Å²) in [5.74, 6) is 0.0402. The summed E-state index contributed by atoms with van der Waals surface area (Å²) in [4.78, 5) is 11.1. The fourth-order valence-electron chi connectivity index (χ4n) is 1.62. The normalized spacial score (nSPS) is 16.3. The van der Waals surface area contributed by atoms with Crippen molar-refractivity contribution in [2.24, 2.45) is 11.5 Å². The Labute approximate surface area is 82.3 Å². The summed E-state index contributed by atoms with van der Waals surface area (Å²) in [5, 5.41) is 2.77. The van der Waals surface area contributed by atoms with Crippen molar-refractivity contribution in [2.75, 3.05) is 11.9 Å². The number of anilines is 1. The van der Waals surface area contributed by atoms with E-state index in [1.807, 2.05) is 18.2 Å². The molecule has 0 saturated carbocycles. The van der Waals surface area contributed by atoms with Gasteiger partial charge in [0.25, 0.3) is 0 Å². The first-order chi connectivity index (χ1) is 6.70. The molecule has 1 aromatic carbocycles. The van der Waals surface area contributed by atoms with Crippen LogP contribution in [0, 0.1) is 0 Å². The van der Waals surface area contributed by atoms with Gasteiger partial charge in [-0.05, 0) is 17.2 Å². The van der Waals surface area contributed by atoms with E-state index in [1.165, 1.54) is 0 Å². The molecule has 74 valence electrons. The fourth-order valence-corrected chi connectivity index (χ4v) is 1.62. The maximum atomic E-state index is 11.1. The molecule has 0 saturated heterocycles. The van der Waals surface area contributed by atoms with Crippen molar-refractivity contribution < 1.29 is 4.79 Å². The van der Waals surface area contributed by atoms with E-state index in [0.717, 1.165) is 16.8 Å². The average molecular weight is 191 g/mol. The van der Waals surface area contributed by atoms with Crippen molar-refractivity contribution in [3.63, 3.8) is 0 Å². The van der Waals surface area contributed by atoms with Gasteiger partial charge in [-0.3, -0.25) is 4.79 Å². The third-order valence-electron chi connectivity index (χ3n) is 2.44. The van der Waals surface area contributed by atoms with Crippen LogP contribution >= 0.6 is 0 Å². The minimum Gasteiger partial charge on any atom is -0.329 e. The van der Waals surface area contributed by atoms with Gasteiger partial charge in [0.15, 0.2) is 0 Å². The molecule has 4 nitrogen and oxygen atoms in total. The van der Waals surface area contributed by atoms with Crippen LogP contribution in [0.25, 0.3) is 0 Å². The second kappa shape index (κ2) is 3.40. The lowest BCUT2D eigenvalue weighted by molar-refractivity contribution is -0.115. The van der Waals surface area contributed by atoms with Crippen LogP contribution in [0.5, 0.6) is 0 Å². The number of hydrogen-bond donors (Lipinski definition) is 3. The summed E-state index contributed by atoms with van der Waals surface area (Å²) in [7, 11) is 0.